The van der Waals surface area contributed by atoms with Crippen molar-refractivity contribution in [3.05, 3.63) is 0 Å². The summed E-state index contributed by atoms with van der Waals surface area (Å²) in [5.41, 5.74) is 0. The van der Waals surface area contributed by atoms with Gasteiger partial charge in [0.1, 0.15) is 5.88 Å². The van der Waals surface area contributed by atoms with E-state index in [-0.39, 0.29) is 11.8 Å². The van der Waals surface area contributed by atoms with Gasteiger partial charge in [0.25, 0.3) is 0 Å². The van der Waals surface area contributed by atoms with E-state index in [0.29, 0.717) is 12.1 Å². The highest BCUT2D eigenvalue weighted by atomic mass is 35.5. The molecule has 0 aliphatic carbocycles. The van der Waals surface area contributed by atoms with Gasteiger partial charge < -0.3 is 5.32 Å². The minimum Gasteiger partial charge on any atom is -0.351 e. The summed E-state index contributed by atoms with van der Waals surface area (Å²) < 4.78 is 0. The Balaban J connectivity index is 1.90. The fourth-order valence-corrected chi connectivity index (χ4v) is 2.57. The summed E-state index contributed by atoms with van der Waals surface area (Å²) in [6, 6.07) is 0.945. The molecule has 2 heterocycles. The number of amides is 1. The molecule has 13 heavy (non-hydrogen) atoms. The SMILES string of the molecule is O=C(CCl)NC1CCN2CCCC12. The molecule has 1 amide bonds. The zero-order valence-corrected chi connectivity index (χ0v) is 8.39. The number of nitrogens with zero attached hydrogens (tertiary/aromatic N) is 1. The largest absolute Gasteiger partial charge is 0.351 e. The molecule has 2 aliphatic rings. The normalized spacial score (nSPS) is 33.3. The minimum absolute atomic E-state index is 0.0274. The molecular weight excluding hydrogens is 188 g/mol. The lowest BCUT2D eigenvalue weighted by atomic mass is 10.1. The van der Waals surface area contributed by atoms with E-state index in [1.54, 1.807) is 0 Å². The molecule has 0 aromatic rings. The molecule has 0 bridgehead atoms. The topological polar surface area (TPSA) is 32.3 Å². The highest BCUT2D eigenvalue weighted by molar-refractivity contribution is 6.27. The number of hydrogen-bond donors (Lipinski definition) is 1. The van der Waals surface area contributed by atoms with E-state index in [0.717, 1.165) is 13.0 Å². The minimum atomic E-state index is -0.0274. The van der Waals surface area contributed by atoms with E-state index in [9.17, 15) is 4.79 Å². The van der Waals surface area contributed by atoms with Crippen LogP contribution in [0.5, 0.6) is 0 Å². The summed E-state index contributed by atoms with van der Waals surface area (Å²) in [4.78, 5) is 13.6. The smallest absolute Gasteiger partial charge is 0.235 e. The van der Waals surface area contributed by atoms with Crippen LogP contribution in [0.1, 0.15) is 19.3 Å². The Hall–Kier alpha value is -0.280. The standard InChI is InChI=1S/C9H15ClN2O/c10-6-9(13)11-7-3-5-12-4-1-2-8(7)12/h7-8H,1-6H2,(H,11,13). The molecule has 2 saturated heterocycles. The van der Waals surface area contributed by atoms with Crippen LogP contribution in [0.25, 0.3) is 0 Å². The number of carbonyl (C=O) groups is 1. The maximum Gasteiger partial charge on any atom is 0.235 e. The second kappa shape index (κ2) is 3.84. The molecule has 2 unspecified atom stereocenters. The summed E-state index contributed by atoms with van der Waals surface area (Å²) in [6.45, 7) is 2.34. The Kier molecular flexibility index (Phi) is 2.74. The molecule has 3 nitrogen and oxygen atoms in total. The Labute approximate surface area is 83.4 Å². The number of alkyl halides is 1. The fourth-order valence-electron chi connectivity index (χ4n) is 2.50. The van der Waals surface area contributed by atoms with E-state index in [1.807, 2.05) is 0 Å². The summed E-state index contributed by atoms with van der Waals surface area (Å²) >= 11 is 5.45. The van der Waals surface area contributed by atoms with Crippen molar-refractivity contribution in [1.82, 2.24) is 10.2 Å². The summed E-state index contributed by atoms with van der Waals surface area (Å²) in [7, 11) is 0. The van der Waals surface area contributed by atoms with E-state index in [2.05, 4.69) is 10.2 Å². The van der Waals surface area contributed by atoms with Crippen LogP contribution in [0, 0.1) is 0 Å². The zero-order valence-electron chi connectivity index (χ0n) is 7.63. The molecule has 0 aromatic carbocycles. The first-order valence-electron chi connectivity index (χ1n) is 4.90. The van der Waals surface area contributed by atoms with E-state index >= 15 is 0 Å². The first-order valence-corrected chi connectivity index (χ1v) is 5.44. The van der Waals surface area contributed by atoms with E-state index < -0.39 is 0 Å². The highest BCUT2D eigenvalue weighted by Crippen LogP contribution is 2.27. The highest BCUT2D eigenvalue weighted by Gasteiger charge is 2.37. The predicted octanol–water partition coefficient (Wildman–Crippen LogP) is 0.578. The van der Waals surface area contributed by atoms with Gasteiger partial charge >= 0.3 is 0 Å². The fraction of sp³-hybridized carbons (Fsp3) is 0.889. The third kappa shape index (κ3) is 1.81. The molecule has 0 radical (unpaired) electrons. The average molecular weight is 203 g/mol. The van der Waals surface area contributed by atoms with Crippen molar-refractivity contribution < 1.29 is 4.79 Å². The molecule has 74 valence electrons. The number of rotatable bonds is 2. The predicted molar refractivity (Wildman–Crippen MR) is 51.9 cm³/mol. The first-order chi connectivity index (χ1) is 6.31. The molecule has 4 heteroatoms. The van der Waals surface area contributed by atoms with Crippen molar-refractivity contribution >= 4 is 17.5 Å². The van der Waals surface area contributed by atoms with Crippen LogP contribution in [0.15, 0.2) is 0 Å². The van der Waals surface area contributed by atoms with Crippen molar-refractivity contribution in [3.63, 3.8) is 0 Å². The third-order valence-electron chi connectivity index (χ3n) is 3.07. The van der Waals surface area contributed by atoms with Gasteiger partial charge in [0.2, 0.25) is 5.91 Å². The summed E-state index contributed by atoms with van der Waals surface area (Å²) in [6.07, 6.45) is 3.60. The Morgan fingerprint density at radius 3 is 3.08 bits per heavy atom. The zero-order chi connectivity index (χ0) is 9.26. The first kappa shape index (κ1) is 9.28. The molecule has 2 fully saturated rings. The maximum absolute atomic E-state index is 11.1. The number of nitrogens with one attached hydrogen (secondary N) is 1. The number of carbonyl (C=O) groups excluding carboxylic acids is 1. The van der Waals surface area contributed by atoms with Crippen LogP contribution in [0.3, 0.4) is 0 Å². The van der Waals surface area contributed by atoms with Crippen LogP contribution < -0.4 is 5.32 Å². The quantitative estimate of drug-likeness (QED) is 0.665. The molecule has 0 aromatic heterocycles. The lowest BCUT2D eigenvalue weighted by Gasteiger charge is -2.20. The third-order valence-corrected chi connectivity index (χ3v) is 3.32. The molecule has 0 spiro atoms. The van der Waals surface area contributed by atoms with Gasteiger partial charge in [0.15, 0.2) is 0 Å². The molecule has 2 atom stereocenters. The van der Waals surface area contributed by atoms with Crippen LogP contribution in [-0.4, -0.2) is 41.9 Å². The summed E-state index contributed by atoms with van der Waals surface area (Å²) in [5, 5.41) is 2.99. The second-order valence-corrected chi connectivity index (χ2v) is 4.11. The molecule has 0 saturated carbocycles. The Morgan fingerprint density at radius 2 is 2.31 bits per heavy atom. The monoisotopic (exact) mass is 202 g/mol. The van der Waals surface area contributed by atoms with Crippen molar-refractivity contribution in [1.29, 1.82) is 0 Å². The summed E-state index contributed by atoms with van der Waals surface area (Å²) in [5.74, 6) is 0.0591. The van der Waals surface area contributed by atoms with E-state index in [4.69, 9.17) is 11.6 Å². The lowest BCUT2D eigenvalue weighted by molar-refractivity contribution is -0.119. The van der Waals surface area contributed by atoms with Gasteiger partial charge in [0.05, 0.1) is 0 Å². The van der Waals surface area contributed by atoms with Crippen molar-refractivity contribution in [2.75, 3.05) is 19.0 Å². The molecule has 2 aliphatic heterocycles. The van der Waals surface area contributed by atoms with Crippen LogP contribution in [-0.2, 0) is 4.79 Å². The van der Waals surface area contributed by atoms with Crippen LogP contribution in [0.4, 0.5) is 0 Å². The molecule has 1 N–H and O–H groups in total. The number of fused-ring (bicyclic) bond motifs is 1. The van der Waals surface area contributed by atoms with Crippen LogP contribution >= 0.6 is 11.6 Å². The van der Waals surface area contributed by atoms with Gasteiger partial charge in [-0.05, 0) is 25.8 Å². The van der Waals surface area contributed by atoms with Gasteiger partial charge in [0, 0.05) is 18.6 Å². The van der Waals surface area contributed by atoms with Crippen LogP contribution in [0.2, 0.25) is 0 Å². The van der Waals surface area contributed by atoms with Gasteiger partial charge in [-0.2, -0.15) is 0 Å². The molecular formula is C9H15ClN2O. The van der Waals surface area contributed by atoms with Gasteiger partial charge in [-0.15, -0.1) is 11.6 Å². The molecule has 2 rings (SSSR count). The Bertz CT molecular complexity index is 210. The number of halogens is 1. The number of hydrogen-bond acceptors (Lipinski definition) is 2. The van der Waals surface area contributed by atoms with Gasteiger partial charge in [-0.3, -0.25) is 9.69 Å². The maximum atomic E-state index is 11.1. The van der Waals surface area contributed by atoms with E-state index in [1.165, 1.54) is 19.4 Å². The average Bonchev–Trinajstić information content (AvgIpc) is 2.69. The lowest BCUT2D eigenvalue weighted by Crippen LogP contribution is -2.42. The van der Waals surface area contributed by atoms with Crippen molar-refractivity contribution in [2.45, 2.75) is 31.3 Å². The van der Waals surface area contributed by atoms with Gasteiger partial charge in [-0.1, -0.05) is 0 Å². The Morgan fingerprint density at radius 1 is 1.46 bits per heavy atom. The van der Waals surface area contributed by atoms with Crippen molar-refractivity contribution in [3.8, 4) is 0 Å². The van der Waals surface area contributed by atoms with Gasteiger partial charge in [-0.25, -0.2) is 0 Å². The second-order valence-electron chi connectivity index (χ2n) is 3.84. The van der Waals surface area contributed by atoms with Crippen molar-refractivity contribution in [2.24, 2.45) is 0 Å².